The van der Waals surface area contributed by atoms with E-state index in [1.807, 2.05) is 0 Å². The van der Waals surface area contributed by atoms with Crippen LogP contribution in [0.5, 0.6) is 0 Å². The highest BCUT2D eigenvalue weighted by Crippen LogP contribution is 2.43. The topological polar surface area (TPSA) is 82.3 Å². The van der Waals surface area contributed by atoms with Gasteiger partial charge in [-0.25, -0.2) is 15.8 Å². The number of fused-ring (bicyclic) bond motifs is 1. The van der Waals surface area contributed by atoms with E-state index in [0.29, 0.717) is 19.0 Å². The summed E-state index contributed by atoms with van der Waals surface area (Å²) in [6.45, 7) is 1.22. The van der Waals surface area contributed by atoms with E-state index in [9.17, 15) is 0 Å². The molecule has 1 fully saturated rings. The molecular formula is C12H18N4O2. The largest absolute Gasteiger partial charge is 0.376 e. The number of nitrogens with one attached hydrogen (secondary N) is 1. The molecule has 3 rings (SSSR count). The van der Waals surface area contributed by atoms with Crippen molar-refractivity contribution in [2.24, 2.45) is 5.84 Å². The summed E-state index contributed by atoms with van der Waals surface area (Å²) in [5.41, 5.74) is 4.35. The zero-order chi connectivity index (χ0) is 12.6. The summed E-state index contributed by atoms with van der Waals surface area (Å²) < 4.78 is 11.0. The molecule has 0 amide bonds. The maximum absolute atomic E-state index is 5.63. The molecule has 0 unspecified atom stereocenters. The minimum Gasteiger partial charge on any atom is -0.376 e. The van der Waals surface area contributed by atoms with Gasteiger partial charge in [0.15, 0.2) is 5.82 Å². The van der Waals surface area contributed by atoms with Crippen LogP contribution >= 0.6 is 0 Å². The Balaban J connectivity index is 2.05. The molecule has 1 saturated carbocycles. The van der Waals surface area contributed by atoms with Crippen LogP contribution in [0.4, 0.5) is 5.82 Å². The Bertz CT molecular complexity index is 437. The van der Waals surface area contributed by atoms with Gasteiger partial charge < -0.3 is 14.9 Å². The van der Waals surface area contributed by atoms with Gasteiger partial charge >= 0.3 is 0 Å². The first-order valence-electron chi connectivity index (χ1n) is 6.29. The molecule has 6 nitrogen and oxygen atoms in total. The van der Waals surface area contributed by atoms with Crippen LogP contribution in [0, 0.1) is 0 Å². The van der Waals surface area contributed by atoms with Crippen molar-refractivity contribution in [3.05, 3.63) is 17.1 Å². The van der Waals surface area contributed by atoms with Crippen LogP contribution in [0.15, 0.2) is 0 Å². The van der Waals surface area contributed by atoms with E-state index in [-0.39, 0.29) is 5.60 Å². The first-order chi connectivity index (χ1) is 8.79. The van der Waals surface area contributed by atoms with Gasteiger partial charge in [-0.1, -0.05) is 0 Å². The number of rotatable bonds is 3. The zero-order valence-electron chi connectivity index (χ0n) is 10.5. The van der Waals surface area contributed by atoms with E-state index < -0.39 is 0 Å². The maximum Gasteiger partial charge on any atom is 0.162 e. The number of nitrogens with zero attached hydrogens (tertiary/aromatic N) is 2. The summed E-state index contributed by atoms with van der Waals surface area (Å²) >= 11 is 0. The lowest BCUT2D eigenvalue weighted by Crippen LogP contribution is -2.39. The molecule has 98 valence electrons. The Kier molecular flexibility index (Phi) is 2.93. The molecule has 1 aliphatic heterocycles. The van der Waals surface area contributed by atoms with Crippen LogP contribution in [0.25, 0.3) is 0 Å². The van der Waals surface area contributed by atoms with Crippen molar-refractivity contribution < 1.29 is 9.47 Å². The summed E-state index contributed by atoms with van der Waals surface area (Å²) in [7, 11) is 1.72. The lowest BCUT2D eigenvalue weighted by molar-refractivity contribution is -0.0848. The fourth-order valence-electron chi connectivity index (χ4n) is 2.57. The molecule has 1 aromatic rings. The van der Waals surface area contributed by atoms with Crippen molar-refractivity contribution in [3.8, 4) is 0 Å². The van der Waals surface area contributed by atoms with Crippen molar-refractivity contribution in [1.29, 1.82) is 0 Å². The molecule has 1 aliphatic carbocycles. The van der Waals surface area contributed by atoms with Gasteiger partial charge in [-0.15, -0.1) is 0 Å². The average Bonchev–Trinajstić information content (AvgIpc) is 2.37. The Hall–Kier alpha value is -1.24. The van der Waals surface area contributed by atoms with E-state index in [4.69, 9.17) is 15.3 Å². The van der Waals surface area contributed by atoms with E-state index in [0.717, 1.165) is 42.8 Å². The first-order valence-corrected chi connectivity index (χ1v) is 6.29. The highest BCUT2D eigenvalue weighted by Gasteiger charge is 2.42. The van der Waals surface area contributed by atoms with E-state index >= 15 is 0 Å². The molecule has 0 atom stereocenters. The second-order valence-corrected chi connectivity index (χ2v) is 4.82. The van der Waals surface area contributed by atoms with E-state index in [1.165, 1.54) is 0 Å². The van der Waals surface area contributed by atoms with E-state index in [2.05, 4.69) is 15.4 Å². The molecule has 0 saturated heterocycles. The number of hydrogen-bond acceptors (Lipinski definition) is 6. The number of nitrogen functional groups attached to an aromatic ring is 1. The van der Waals surface area contributed by atoms with Crippen LogP contribution in [-0.4, -0.2) is 23.7 Å². The van der Waals surface area contributed by atoms with Gasteiger partial charge in [0.1, 0.15) is 11.4 Å². The quantitative estimate of drug-likeness (QED) is 0.611. The van der Waals surface area contributed by atoms with E-state index in [1.54, 1.807) is 7.11 Å². The summed E-state index contributed by atoms with van der Waals surface area (Å²) in [5, 5.41) is 0. The average molecular weight is 250 g/mol. The Labute approximate surface area is 106 Å². The zero-order valence-corrected chi connectivity index (χ0v) is 10.5. The third kappa shape index (κ3) is 1.68. The molecule has 0 aromatic carbocycles. The van der Waals surface area contributed by atoms with Gasteiger partial charge in [0.2, 0.25) is 0 Å². The van der Waals surface area contributed by atoms with Crippen molar-refractivity contribution in [2.45, 2.75) is 37.9 Å². The number of anilines is 1. The number of aromatic nitrogens is 2. The predicted octanol–water partition coefficient (Wildman–Crippen LogP) is 0.860. The number of hydrazine groups is 1. The maximum atomic E-state index is 5.63. The third-order valence-corrected chi connectivity index (χ3v) is 3.92. The standard InChI is InChI=1S/C12H18N4O2/c1-17-12(4-2-5-12)11-14-9-3-6-18-7-8(9)10(15-11)16-13/h2-7,13H2,1H3,(H,14,15,16). The van der Waals surface area contributed by atoms with Crippen LogP contribution < -0.4 is 11.3 Å². The number of hydrogen-bond donors (Lipinski definition) is 2. The smallest absolute Gasteiger partial charge is 0.162 e. The fourth-order valence-corrected chi connectivity index (χ4v) is 2.57. The number of ether oxygens (including phenoxy) is 2. The molecule has 0 spiro atoms. The van der Waals surface area contributed by atoms with Crippen LogP contribution in [0.1, 0.15) is 36.3 Å². The highest BCUT2D eigenvalue weighted by atomic mass is 16.5. The van der Waals surface area contributed by atoms with Crippen molar-refractivity contribution in [2.75, 3.05) is 19.1 Å². The molecule has 6 heteroatoms. The molecule has 2 heterocycles. The molecule has 0 radical (unpaired) electrons. The van der Waals surface area contributed by atoms with Gasteiger partial charge in [0, 0.05) is 19.1 Å². The SMILES string of the molecule is COC1(c2nc3c(c(NN)n2)COCC3)CCC1. The molecule has 1 aromatic heterocycles. The molecule has 2 aliphatic rings. The predicted molar refractivity (Wildman–Crippen MR) is 65.7 cm³/mol. The normalized spacial score (nSPS) is 21.0. The second-order valence-electron chi connectivity index (χ2n) is 4.82. The highest BCUT2D eigenvalue weighted by molar-refractivity contribution is 5.46. The second kappa shape index (κ2) is 4.46. The summed E-state index contributed by atoms with van der Waals surface area (Å²) in [6, 6.07) is 0. The Morgan fingerprint density at radius 2 is 2.22 bits per heavy atom. The van der Waals surface area contributed by atoms with Gasteiger partial charge in [-0.3, -0.25) is 0 Å². The van der Waals surface area contributed by atoms with Crippen LogP contribution in [0.2, 0.25) is 0 Å². The Morgan fingerprint density at radius 1 is 1.39 bits per heavy atom. The minimum absolute atomic E-state index is 0.307. The molecule has 3 N–H and O–H groups in total. The summed E-state index contributed by atoms with van der Waals surface area (Å²) in [5.74, 6) is 6.97. The summed E-state index contributed by atoms with van der Waals surface area (Å²) in [6.07, 6.45) is 3.91. The third-order valence-electron chi connectivity index (χ3n) is 3.92. The number of methoxy groups -OCH3 is 1. The van der Waals surface area contributed by atoms with Crippen molar-refractivity contribution in [1.82, 2.24) is 9.97 Å². The van der Waals surface area contributed by atoms with Gasteiger partial charge in [0.05, 0.1) is 18.9 Å². The number of nitrogens with two attached hydrogens (primary N) is 1. The van der Waals surface area contributed by atoms with Crippen LogP contribution in [-0.2, 0) is 28.1 Å². The molecule has 18 heavy (non-hydrogen) atoms. The van der Waals surface area contributed by atoms with Crippen molar-refractivity contribution >= 4 is 5.82 Å². The molecule has 0 bridgehead atoms. The van der Waals surface area contributed by atoms with Crippen molar-refractivity contribution in [3.63, 3.8) is 0 Å². The Morgan fingerprint density at radius 3 is 2.83 bits per heavy atom. The minimum atomic E-state index is -0.307. The monoisotopic (exact) mass is 250 g/mol. The lowest BCUT2D eigenvalue weighted by Gasteiger charge is -2.39. The first kappa shape index (κ1) is 11.8. The van der Waals surface area contributed by atoms with Gasteiger partial charge in [-0.2, -0.15) is 0 Å². The fraction of sp³-hybridized carbons (Fsp3) is 0.667. The molecular weight excluding hydrogens is 232 g/mol. The van der Waals surface area contributed by atoms with Gasteiger partial charge in [-0.05, 0) is 19.3 Å². The van der Waals surface area contributed by atoms with Gasteiger partial charge in [0.25, 0.3) is 0 Å². The van der Waals surface area contributed by atoms with Crippen LogP contribution in [0.3, 0.4) is 0 Å². The lowest BCUT2D eigenvalue weighted by atomic mass is 9.79. The summed E-state index contributed by atoms with van der Waals surface area (Å²) in [4.78, 5) is 9.19.